The van der Waals surface area contributed by atoms with Crippen molar-refractivity contribution in [1.82, 2.24) is 24.7 Å². The zero-order valence-electron chi connectivity index (χ0n) is 13.6. The third-order valence-electron chi connectivity index (χ3n) is 4.58. The molecular weight excluding hydrogens is 316 g/mol. The lowest BCUT2D eigenvalue weighted by Gasteiger charge is -2.33. The van der Waals surface area contributed by atoms with Crippen molar-refractivity contribution in [3.05, 3.63) is 55.4 Å². The average Bonchev–Trinajstić information content (AvgIpc) is 3.13. The minimum Gasteiger partial charge on any atom is -0.507 e. The Hall–Kier alpha value is -3.06. The third-order valence-corrected chi connectivity index (χ3v) is 4.58. The van der Waals surface area contributed by atoms with E-state index in [1.807, 2.05) is 6.07 Å². The second-order valence-electron chi connectivity index (χ2n) is 6.29. The van der Waals surface area contributed by atoms with Gasteiger partial charge in [0.05, 0.1) is 23.8 Å². The maximum absolute atomic E-state index is 10.3. The van der Waals surface area contributed by atoms with Crippen molar-refractivity contribution < 1.29 is 5.11 Å². The molecule has 0 aliphatic heterocycles. The highest BCUT2D eigenvalue weighted by molar-refractivity contribution is 5.67. The molecule has 0 saturated heterocycles. The van der Waals surface area contributed by atoms with Gasteiger partial charge >= 0.3 is 0 Å². The van der Waals surface area contributed by atoms with E-state index in [0.717, 1.165) is 24.1 Å². The molecule has 0 atom stereocenters. The summed E-state index contributed by atoms with van der Waals surface area (Å²) in [6.45, 7) is 4.09. The van der Waals surface area contributed by atoms with E-state index < -0.39 is 0 Å². The highest BCUT2D eigenvalue weighted by Crippen LogP contribution is 2.36. The number of phenols is 1. The lowest BCUT2D eigenvalue weighted by molar-refractivity contribution is 0.334. The van der Waals surface area contributed by atoms with Gasteiger partial charge in [0.2, 0.25) is 0 Å². The molecule has 3 N–H and O–H groups in total. The molecule has 4 rings (SSSR count). The van der Waals surface area contributed by atoms with Crippen LogP contribution in [-0.4, -0.2) is 35.9 Å². The highest BCUT2D eigenvalue weighted by Gasteiger charge is 2.29. The van der Waals surface area contributed by atoms with Crippen LogP contribution in [0.4, 0.5) is 0 Å². The third kappa shape index (κ3) is 2.89. The Balaban J connectivity index is 1.57. The first-order chi connectivity index (χ1) is 12.1. The van der Waals surface area contributed by atoms with Gasteiger partial charge in [-0.25, -0.2) is 9.97 Å². The fraction of sp³-hybridized carbons (Fsp3) is 0.222. The standard InChI is InChI=1S/C18H18N6O/c1-11(12-6-13(19)7-12)16-9-21-18(23-22-16)15-3-2-14(8-17(15)25)24-5-4-20-10-24/h2-5,8-10,12-13,25H,1,6-7,19H2. The van der Waals surface area contributed by atoms with E-state index in [2.05, 4.69) is 26.7 Å². The highest BCUT2D eigenvalue weighted by atomic mass is 16.3. The van der Waals surface area contributed by atoms with Crippen molar-refractivity contribution >= 4 is 5.57 Å². The predicted molar refractivity (Wildman–Crippen MR) is 93.8 cm³/mol. The molecule has 0 amide bonds. The van der Waals surface area contributed by atoms with Gasteiger partial charge in [0.25, 0.3) is 0 Å². The minimum absolute atomic E-state index is 0.0875. The lowest BCUT2D eigenvalue weighted by Crippen LogP contribution is -2.36. The molecule has 1 saturated carbocycles. The van der Waals surface area contributed by atoms with Gasteiger partial charge in [-0.15, -0.1) is 10.2 Å². The van der Waals surface area contributed by atoms with Gasteiger partial charge in [-0.1, -0.05) is 6.58 Å². The number of aromatic nitrogens is 5. The van der Waals surface area contributed by atoms with Gasteiger partial charge in [0.1, 0.15) is 11.4 Å². The maximum atomic E-state index is 10.3. The summed E-state index contributed by atoms with van der Waals surface area (Å²) < 4.78 is 1.80. The van der Waals surface area contributed by atoms with Crippen LogP contribution in [0.5, 0.6) is 5.75 Å². The summed E-state index contributed by atoms with van der Waals surface area (Å²) >= 11 is 0. The van der Waals surface area contributed by atoms with E-state index in [-0.39, 0.29) is 11.8 Å². The van der Waals surface area contributed by atoms with Crippen molar-refractivity contribution in [2.75, 3.05) is 0 Å². The van der Waals surface area contributed by atoms with E-state index >= 15 is 0 Å². The molecule has 7 nitrogen and oxygen atoms in total. The number of benzene rings is 1. The molecule has 126 valence electrons. The van der Waals surface area contributed by atoms with E-state index in [4.69, 9.17) is 5.73 Å². The second kappa shape index (κ2) is 6.10. The molecule has 1 aliphatic carbocycles. The Bertz CT molecular complexity index is 898. The molecule has 1 aromatic carbocycles. The normalized spacial score (nSPS) is 19.4. The fourth-order valence-corrected chi connectivity index (χ4v) is 2.98. The molecule has 0 spiro atoms. The van der Waals surface area contributed by atoms with Crippen molar-refractivity contribution in [3.8, 4) is 22.8 Å². The number of hydrogen-bond acceptors (Lipinski definition) is 6. The molecule has 0 bridgehead atoms. The number of nitrogens with zero attached hydrogens (tertiary/aromatic N) is 5. The first-order valence-electron chi connectivity index (χ1n) is 8.08. The zero-order valence-corrected chi connectivity index (χ0v) is 13.6. The van der Waals surface area contributed by atoms with Gasteiger partial charge in [-0.2, -0.15) is 0 Å². The number of nitrogens with two attached hydrogens (primary N) is 1. The molecule has 3 aromatic rings. The second-order valence-corrected chi connectivity index (χ2v) is 6.29. The summed E-state index contributed by atoms with van der Waals surface area (Å²) in [6.07, 6.45) is 8.66. The zero-order chi connectivity index (χ0) is 17.4. The van der Waals surface area contributed by atoms with Gasteiger partial charge in [-0.05, 0) is 36.5 Å². The van der Waals surface area contributed by atoms with Crippen LogP contribution >= 0.6 is 0 Å². The van der Waals surface area contributed by atoms with Gasteiger partial charge < -0.3 is 15.4 Å². The minimum atomic E-state index is 0.0875. The molecule has 1 fully saturated rings. The first kappa shape index (κ1) is 15.5. The van der Waals surface area contributed by atoms with Crippen LogP contribution in [0.15, 0.2) is 49.7 Å². The summed E-state index contributed by atoms with van der Waals surface area (Å²) in [5.74, 6) is 0.820. The number of allylic oxidation sites excluding steroid dienone is 1. The van der Waals surface area contributed by atoms with Crippen LogP contribution in [-0.2, 0) is 0 Å². The van der Waals surface area contributed by atoms with Gasteiger partial charge in [0, 0.05) is 24.5 Å². The number of phenolic OH excluding ortho intramolecular Hbond substituents is 1. The van der Waals surface area contributed by atoms with Gasteiger partial charge in [-0.3, -0.25) is 0 Å². The number of hydrogen-bond donors (Lipinski definition) is 2. The number of imidazole rings is 1. The van der Waals surface area contributed by atoms with Crippen LogP contribution in [0.3, 0.4) is 0 Å². The van der Waals surface area contributed by atoms with Crippen molar-refractivity contribution in [2.45, 2.75) is 18.9 Å². The average molecular weight is 334 g/mol. The first-order valence-corrected chi connectivity index (χ1v) is 8.08. The van der Waals surface area contributed by atoms with Crippen molar-refractivity contribution in [2.24, 2.45) is 11.7 Å². The van der Waals surface area contributed by atoms with E-state index in [0.29, 0.717) is 23.0 Å². The Labute approximate surface area is 144 Å². The summed E-state index contributed by atoms with van der Waals surface area (Å²) in [6, 6.07) is 5.53. The predicted octanol–water partition coefficient (Wildman–Crippen LogP) is 2.18. The SMILES string of the molecule is C=C(c1cnc(-c2ccc(-n3ccnc3)cc2O)nn1)C1CC(N)C1. The fourth-order valence-electron chi connectivity index (χ4n) is 2.98. The molecule has 2 heterocycles. The summed E-state index contributed by atoms with van der Waals surface area (Å²) in [5, 5.41) is 18.7. The molecule has 25 heavy (non-hydrogen) atoms. The molecular formula is C18H18N6O. The number of rotatable bonds is 4. The van der Waals surface area contributed by atoms with Crippen LogP contribution in [0.25, 0.3) is 22.6 Å². The Kier molecular flexibility index (Phi) is 3.77. The Morgan fingerprint density at radius 1 is 1.28 bits per heavy atom. The molecule has 0 radical (unpaired) electrons. The summed E-state index contributed by atoms with van der Waals surface area (Å²) in [7, 11) is 0. The van der Waals surface area contributed by atoms with Crippen LogP contribution in [0, 0.1) is 5.92 Å². The van der Waals surface area contributed by atoms with E-state index in [1.54, 1.807) is 41.6 Å². The summed E-state index contributed by atoms with van der Waals surface area (Å²) in [5.41, 5.74) is 8.75. The molecule has 2 aromatic heterocycles. The summed E-state index contributed by atoms with van der Waals surface area (Å²) in [4.78, 5) is 8.33. The Morgan fingerprint density at radius 2 is 2.12 bits per heavy atom. The Morgan fingerprint density at radius 3 is 2.72 bits per heavy atom. The quantitative estimate of drug-likeness (QED) is 0.758. The van der Waals surface area contributed by atoms with E-state index in [1.165, 1.54) is 0 Å². The largest absolute Gasteiger partial charge is 0.507 e. The van der Waals surface area contributed by atoms with Crippen molar-refractivity contribution in [3.63, 3.8) is 0 Å². The van der Waals surface area contributed by atoms with Crippen LogP contribution in [0.1, 0.15) is 18.5 Å². The topological polar surface area (TPSA) is 103 Å². The molecule has 1 aliphatic rings. The lowest BCUT2D eigenvalue weighted by atomic mass is 9.76. The van der Waals surface area contributed by atoms with Crippen molar-refractivity contribution in [1.29, 1.82) is 0 Å². The maximum Gasteiger partial charge on any atom is 0.185 e. The van der Waals surface area contributed by atoms with Crippen LogP contribution in [0.2, 0.25) is 0 Å². The number of aromatic hydroxyl groups is 1. The molecule has 0 unspecified atom stereocenters. The molecule has 7 heteroatoms. The monoisotopic (exact) mass is 334 g/mol. The van der Waals surface area contributed by atoms with E-state index in [9.17, 15) is 5.11 Å². The smallest absolute Gasteiger partial charge is 0.185 e. The van der Waals surface area contributed by atoms with Gasteiger partial charge in [0.15, 0.2) is 5.82 Å². The van der Waals surface area contributed by atoms with Crippen LogP contribution < -0.4 is 5.73 Å².